The van der Waals surface area contributed by atoms with Gasteiger partial charge in [-0.05, 0) is 32.9 Å². The van der Waals surface area contributed by atoms with Gasteiger partial charge in [0.05, 0.1) is 11.6 Å². The number of benzene rings is 1. The highest BCUT2D eigenvalue weighted by Gasteiger charge is 2.39. The summed E-state index contributed by atoms with van der Waals surface area (Å²) in [6.45, 7) is 6.31. The maximum absolute atomic E-state index is 12.6. The topological polar surface area (TPSA) is 79.6 Å². The second-order valence-corrected chi connectivity index (χ2v) is 9.10. The molecule has 0 spiro atoms. The molecule has 2 aromatic heterocycles. The predicted molar refractivity (Wildman–Crippen MR) is 110 cm³/mol. The van der Waals surface area contributed by atoms with Gasteiger partial charge in [-0.1, -0.05) is 23.7 Å². The first kappa shape index (κ1) is 18.9. The summed E-state index contributed by atoms with van der Waals surface area (Å²) in [7, 11) is 0. The minimum absolute atomic E-state index is 0.00328. The molecule has 3 heterocycles. The molecule has 0 bridgehead atoms. The van der Waals surface area contributed by atoms with E-state index in [2.05, 4.69) is 15.4 Å². The molecule has 0 aliphatic carbocycles. The lowest BCUT2D eigenvalue weighted by Crippen LogP contribution is -2.42. The van der Waals surface area contributed by atoms with Crippen LogP contribution in [0.5, 0.6) is 0 Å². The number of rotatable bonds is 3. The number of hydrogen-bond donors (Lipinski definition) is 1. The summed E-state index contributed by atoms with van der Waals surface area (Å²) >= 11 is 7.40. The number of halogens is 1. The van der Waals surface area contributed by atoms with Gasteiger partial charge in [-0.25, -0.2) is 4.52 Å². The third-order valence-electron chi connectivity index (χ3n) is 4.76. The van der Waals surface area contributed by atoms with Crippen LogP contribution >= 0.6 is 22.9 Å². The largest absolute Gasteiger partial charge is 0.337 e. The Bertz CT molecular complexity index is 1050. The molecule has 1 atom stereocenters. The van der Waals surface area contributed by atoms with Gasteiger partial charge in [-0.15, -0.1) is 16.4 Å². The van der Waals surface area contributed by atoms with Crippen molar-refractivity contribution in [2.75, 3.05) is 11.9 Å². The lowest BCUT2D eigenvalue weighted by atomic mass is 10.1. The second-order valence-electron chi connectivity index (χ2n) is 7.82. The Morgan fingerprint density at radius 1 is 1.29 bits per heavy atom. The molecule has 146 valence electrons. The van der Waals surface area contributed by atoms with Crippen molar-refractivity contribution in [2.24, 2.45) is 5.92 Å². The van der Waals surface area contributed by atoms with E-state index in [1.807, 2.05) is 50.4 Å². The zero-order valence-electron chi connectivity index (χ0n) is 15.8. The molecule has 1 aliphatic heterocycles. The van der Waals surface area contributed by atoms with Gasteiger partial charge in [0.25, 0.3) is 0 Å². The van der Waals surface area contributed by atoms with Gasteiger partial charge in [0.1, 0.15) is 0 Å². The maximum Gasteiger partial charge on any atom is 0.250 e. The number of thiazole rings is 1. The van der Waals surface area contributed by atoms with Crippen molar-refractivity contribution in [3.63, 3.8) is 0 Å². The number of hydrogen-bond acceptors (Lipinski definition) is 5. The van der Waals surface area contributed by atoms with Crippen molar-refractivity contribution in [1.82, 2.24) is 19.5 Å². The zero-order chi connectivity index (χ0) is 20.1. The fraction of sp³-hybridized carbons (Fsp3) is 0.368. The molecule has 1 N–H and O–H groups in total. The van der Waals surface area contributed by atoms with Crippen molar-refractivity contribution in [3.8, 4) is 11.3 Å². The summed E-state index contributed by atoms with van der Waals surface area (Å²) in [6.07, 6.45) is 0.210. The van der Waals surface area contributed by atoms with Crippen LogP contribution in [0.1, 0.15) is 27.2 Å². The molecule has 0 radical (unpaired) electrons. The fourth-order valence-electron chi connectivity index (χ4n) is 3.30. The molecule has 4 rings (SSSR count). The highest BCUT2D eigenvalue weighted by molar-refractivity contribution is 7.15. The Morgan fingerprint density at radius 3 is 2.64 bits per heavy atom. The average Bonchev–Trinajstić information content (AvgIpc) is 3.29. The quantitative estimate of drug-likeness (QED) is 0.704. The molecule has 1 aromatic carbocycles. The van der Waals surface area contributed by atoms with Gasteiger partial charge in [0, 0.05) is 34.5 Å². The first-order valence-electron chi connectivity index (χ1n) is 8.94. The maximum atomic E-state index is 12.6. The molecule has 1 saturated heterocycles. The van der Waals surface area contributed by atoms with E-state index in [1.54, 1.807) is 9.42 Å². The lowest BCUT2D eigenvalue weighted by molar-refractivity contribution is -0.131. The van der Waals surface area contributed by atoms with Crippen molar-refractivity contribution < 1.29 is 9.59 Å². The molecule has 1 aliphatic rings. The van der Waals surface area contributed by atoms with Gasteiger partial charge < -0.3 is 4.90 Å². The standard InChI is InChI=1S/C19H20ClN5O2S/c1-19(2,3)24-9-12(8-15(24)26)16(27)21-17-22-18-25(23-17)14(10-28-18)11-4-6-13(20)7-5-11/h4-7,10,12H,8-9H2,1-3H3,(H,21,23,27). The number of carbonyl (C=O) groups is 2. The van der Waals surface area contributed by atoms with Gasteiger partial charge in [0.2, 0.25) is 22.7 Å². The van der Waals surface area contributed by atoms with Crippen LogP contribution in [0.3, 0.4) is 0 Å². The van der Waals surface area contributed by atoms with Gasteiger partial charge in [0.15, 0.2) is 0 Å². The Morgan fingerprint density at radius 2 is 2.00 bits per heavy atom. The van der Waals surface area contributed by atoms with E-state index in [9.17, 15) is 9.59 Å². The van der Waals surface area contributed by atoms with Crippen LogP contribution in [0.2, 0.25) is 5.02 Å². The molecule has 1 fully saturated rings. The van der Waals surface area contributed by atoms with Crippen LogP contribution < -0.4 is 5.32 Å². The minimum Gasteiger partial charge on any atom is -0.337 e. The normalized spacial score (nSPS) is 17.5. The van der Waals surface area contributed by atoms with Crippen LogP contribution in [-0.4, -0.2) is 43.4 Å². The Kier molecular flexibility index (Phi) is 4.63. The minimum atomic E-state index is -0.399. The van der Waals surface area contributed by atoms with Crippen LogP contribution in [0.15, 0.2) is 29.6 Å². The average molecular weight is 418 g/mol. The number of carbonyl (C=O) groups excluding carboxylic acids is 2. The molecule has 9 heteroatoms. The fourth-order valence-corrected chi connectivity index (χ4v) is 4.25. The lowest BCUT2D eigenvalue weighted by Gasteiger charge is -2.31. The monoisotopic (exact) mass is 417 g/mol. The molecular formula is C19H20ClN5O2S. The van der Waals surface area contributed by atoms with Crippen LogP contribution in [0.25, 0.3) is 16.2 Å². The third-order valence-corrected chi connectivity index (χ3v) is 5.83. The van der Waals surface area contributed by atoms with E-state index in [0.29, 0.717) is 16.5 Å². The number of nitrogens with one attached hydrogen (secondary N) is 1. The van der Waals surface area contributed by atoms with Crippen molar-refractivity contribution in [3.05, 3.63) is 34.7 Å². The first-order chi connectivity index (χ1) is 13.2. The molecule has 3 aromatic rings. The first-order valence-corrected chi connectivity index (χ1v) is 10.2. The van der Waals surface area contributed by atoms with Crippen molar-refractivity contribution >= 4 is 45.7 Å². The van der Waals surface area contributed by atoms with Crippen LogP contribution in [0.4, 0.5) is 5.95 Å². The van der Waals surface area contributed by atoms with E-state index < -0.39 is 5.92 Å². The van der Waals surface area contributed by atoms with E-state index >= 15 is 0 Å². The summed E-state index contributed by atoms with van der Waals surface area (Å²) in [5.74, 6) is -0.388. The molecule has 7 nitrogen and oxygen atoms in total. The number of anilines is 1. The van der Waals surface area contributed by atoms with Crippen LogP contribution in [0, 0.1) is 5.92 Å². The highest BCUT2D eigenvalue weighted by Crippen LogP contribution is 2.28. The Hall–Kier alpha value is -2.45. The van der Waals surface area contributed by atoms with Gasteiger partial charge >= 0.3 is 0 Å². The highest BCUT2D eigenvalue weighted by atomic mass is 35.5. The SMILES string of the molecule is CC(C)(C)N1CC(C(=O)Nc2nc3scc(-c4ccc(Cl)cc4)n3n2)CC1=O. The van der Waals surface area contributed by atoms with E-state index in [4.69, 9.17) is 11.6 Å². The molecule has 28 heavy (non-hydrogen) atoms. The van der Waals surface area contributed by atoms with E-state index in [1.165, 1.54) is 11.3 Å². The number of nitrogens with zero attached hydrogens (tertiary/aromatic N) is 4. The molecule has 0 saturated carbocycles. The van der Waals surface area contributed by atoms with Crippen molar-refractivity contribution in [1.29, 1.82) is 0 Å². The van der Waals surface area contributed by atoms with Gasteiger partial charge in [-0.3, -0.25) is 14.9 Å². The third kappa shape index (κ3) is 3.49. The van der Waals surface area contributed by atoms with Crippen LogP contribution in [-0.2, 0) is 9.59 Å². The Labute approximate surface area is 171 Å². The second kappa shape index (κ2) is 6.86. The number of fused-ring (bicyclic) bond motifs is 1. The number of amides is 2. The number of aromatic nitrogens is 3. The molecular weight excluding hydrogens is 398 g/mol. The van der Waals surface area contributed by atoms with Gasteiger partial charge in [-0.2, -0.15) is 4.98 Å². The summed E-state index contributed by atoms with van der Waals surface area (Å²) in [5.41, 5.74) is 1.54. The van der Waals surface area contributed by atoms with E-state index in [-0.39, 0.29) is 29.7 Å². The van der Waals surface area contributed by atoms with E-state index in [0.717, 1.165) is 11.3 Å². The Balaban J connectivity index is 1.52. The predicted octanol–water partition coefficient (Wildman–Crippen LogP) is 3.70. The molecule has 2 amide bonds. The summed E-state index contributed by atoms with van der Waals surface area (Å²) < 4.78 is 1.70. The molecule has 1 unspecified atom stereocenters. The smallest absolute Gasteiger partial charge is 0.250 e. The number of likely N-dealkylation sites (tertiary alicyclic amines) is 1. The van der Waals surface area contributed by atoms with Crippen molar-refractivity contribution in [2.45, 2.75) is 32.7 Å². The summed E-state index contributed by atoms with van der Waals surface area (Å²) in [5, 5.41) is 9.81. The summed E-state index contributed by atoms with van der Waals surface area (Å²) in [4.78, 5) is 31.7. The zero-order valence-corrected chi connectivity index (χ0v) is 17.3. The summed E-state index contributed by atoms with van der Waals surface area (Å²) in [6, 6.07) is 7.46.